The molecule has 0 bridgehead atoms. The molecule has 1 heterocycles. The second-order valence-corrected chi connectivity index (χ2v) is 7.49. The Morgan fingerprint density at radius 1 is 1.35 bits per heavy atom. The van der Waals surface area contributed by atoms with Crippen molar-refractivity contribution in [2.45, 2.75) is 43.2 Å². The van der Waals surface area contributed by atoms with Gasteiger partial charge in [-0.2, -0.15) is 4.31 Å². The van der Waals surface area contributed by atoms with Crippen LogP contribution in [0, 0.1) is 5.82 Å². The molecule has 4 nitrogen and oxygen atoms in total. The molecular formula is C13H18BrFN2O2S. The third-order valence-electron chi connectivity index (χ3n) is 3.56. The summed E-state index contributed by atoms with van der Waals surface area (Å²) >= 11 is 3.28. The Morgan fingerprint density at radius 2 is 2.05 bits per heavy atom. The zero-order valence-electron chi connectivity index (χ0n) is 11.1. The van der Waals surface area contributed by atoms with Crippen LogP contribution in [0.3, 0.4) is 0 Å². The summed E-state index contributed by atoms with van der Waals surface area (Å²) in [6, 6.07) is 2.48. The van der Waals surface area contributed by atoms with Gasteiger partial charge in [0.15, 0.2) is 5.82 Å². The number of halogens is 2. The minimum atomic E-state index is -3.88. The lowest BCUT2D eigenvalue weighted by atomic mass is 9.95. The topological polar surface area (TPSA) is 50.3 Å². The normalized spacial score (nSPS) is 17.6. The van der Waals surface area contributed by atoms with Crippen LogP contribution in [0.2, 0.25) is 0 Å². The number of hydrogen-bond acceptors (Lipinski definition) is 3. The molecule has 20 heavy (non-hydrogen) atoms. The molecule has 2 rings (SSSR count). The van der Waals surface area contributed by atoms with Gasteiger partial charge in [0.05, 0.1) is 0 Å². The number of nitrogens with zero attached hydrogens (tertiary/aromatic N) is 2. The van der Waals surface area contributed by atoms with Crippen molar-refractivity contribution in [3.05, 3.63) is 24.1 Å². The van der Waals surface area contributed by atoms with Gasteiger partial charge < -0.3 is 0 Å². The van der Waals surface area contributed by atoms with E-state index < -0.39 is 20.9 Å². The monoisotopic (exact) mass is 364 g/mol. The van der Waals surface area contributed by atoms with E-state index in [2.05, 4.69) is 20.9 Å². The average molecular weight is 365 g/mol. The maximum Gasteiger partial charge on any atom is 0.263 e. The lowest BCUT2D eigenvalue weighted by Crippen LogP contribution is -2.43. The lowest BCUT2D eigenvalue weighted by Gasteiger charge is -2.32. The number of alkyl halides is 1. The Balaban J connectivity index is 2.34. The van der Waals surface area contributed by atoms with Crippen LogP contribution >= 0.6 is 15.9 Å². The quantitative estimate of drug-likeness (QED) is 0.754. The van der Waals surface area contributed by atoms with Gasteiger partial charge in [-0.05, 0) is 25.0 Å². The van der Waals surface area contributed by atoms with Crippen LogP contribution in [-0.4, -0.2) is 35.6 Å². The van der Waals surface area contributed by atoms with Crippen LogP contribution in [0.1, 0.15) is 32.1 Å². The molecule has 0 amide bonds. The SMILES string of the molecule is O=S(=O)(c1ncccc1F)N(CCBr)C1CCCCC1. The van der Waals surface area contributed by atoms with Gasteiger partial charge in [0.25, 0.3) is 10.0 Å². The predicted molar refractivity (Wildman–Crippen MR) is 78.8 cm³/mol. The predicted octanol–water partition coefficient (Wildman–Crippen LogP) is 2.94. The average Bonchev–Trinajstić information content (AvgIpc) is 2.45. The van der Waals surface area contributed by atoms with Crippen molar-refractivity contribution in [3.63, 3.8) is 0 Å². The summed E-state index contributed by atoms with van der Waals surface area (Å²) in [6.07, 6.45) is 6.15. The van der Waals surface area contributed by atoms with E-state index in [9.17, 15) is 12.8 Å². The Morgan fingerprint density at radius 3 is 2.65 bits per heavy atom. The summed E-state index contributed by atoms with van der Waals surface area (Å²) in [6.45, 7) is 0.336. The van der Waals surface area contributed by atoms with Crippen molar-refractivity contribution in [1.82, 2.24) is 9.29 Å². The van der Waals surface area contributed by atoms with Gasteiger partial charge in [-0.1, -0.05) is 35.2 Å². The van der Waals surface area contributed by atoms with E-state index in [1.165, 1.54) is 16.6 Å². The van der Waals surface area contributed by atoms with Crippen molar-refractivity contribution in [2.75, 3.05) is 11.9 Å². The first-order chi connectivity index (χ1) is 9.57. The fraction of sp³-hybridized carbons (Fsp3) is 0.615. The molecule has 0 saturated heterocycles. The Labute approximate surface area is 127 Å². The summed E-state index contributed by atoms with van der Waals surface area (Å²) in [5, 5.41) is 0.0588. The molecule has 0 unspecified atom stereocenters. The van der Waals surface area contributed by atoms with Crippen LogP contribution in [-0.2, 0) is 10.0 Å². The van der Waals surface area contributed by atoms with Gasteiger partial charge in [0.2, 0.25) is 5.03 Å². The number of sulfonamides is 1. The van der Waals surface area contributed by atoms with Crippen LogP contribution in [0.5, 0.6) is 0 Å². The van der Waals surface area contributed by atoms with Gasteiger partial charge in [0.1, 0.15) is 0 Å². The first-order valence-corrected chi connectivity index (χ1v) is 9.32. The summed E-state index contributed by atoms with van der Waals surface area (Å²) in [5.74, 6) is -0.789. The summed E-state index contributed by atoms with van der Waals surface area (Å²) in [7, 11) is -3.88. The molecule has 0 spiro atoms. The van der Waals surface area contributed by atoms with E-state index in [4.69, 9.17) is 0 Å². The van der Waals surface area contributed by atoms with Crippen molar-refractivity contribution in [3.8, 4) is 0 Å². The molecule has 112 valence electrons. The van der Waals surface area contributed by atoms with Crippen molar-refractivity contribution in [1.29, 1.82) is 0 Å². The fourth-order valence-electron chi connectivity index (χ4n) is 2.62. The molecule has 7 heteroatoms. The van der Waals surface area contributed by atoms with Crippen LogP contribution < -0.4 is 0 Å². The second kappa shape index (κ2) is 6.95. The highest BCUT2D eigenvalue weighted by molar-refractivity contribution is 9.09. The first-order valence-electron chi connectivity index (χ1n) is 6.75. The number of rotatable bonds is 5. The summed E-state index contributed by atoms with van der Waals surface area (Å²) in [4.78, 5) is 3.73. The lowest BCUT2D eigenvalue weighted by molar-refractivity contribution is 0.261. The molecule has 0 aliphatic heterocycles. The maximum atomic E-state index is 13.8. The standard InChI is InChI=1S/C13H18BrFN2O2S/c14-8-10-17(11-5-2-1-3-6-11)20(18,19)13-12(15)7-4-9-16-13/h4,7,9,11H,1-3,5-6,8,10H2. The summed E-state index contributed by atoms with van der Waals surface area (Å²) in [5.41, 5.74) is 0. The first kappa shape index (κ1) is 15.9. The van der Waals surface area contributed by atoms with E-state index >= 15 is 0 Å². The number of aromatic nitrogens is 1. The zero-order chi connectivity index (χ0) is 14.6. The highest BCUT2D eigenvalue weighted by atomic mass is 79.9. The molecule has 1 aliphatic rings. The molecule has 0 aromatic carbocycles. The van der Waals surface area contributed by atoms with Gasteiger partial charge in [-0.3, -0.25) is 0 Å². The molecule has 1 fully saturated rings. The minimum absolute atomic E-state index is 0.0484. The molecular weight excluding hydrogens is 347 g/mol. The van der Waals surface area contributed by atoms with E-state index in [-0.39, 0.29) is 6.04 Å². The van der Waals surface area contributed by atoms with Gasteiger partial charge >= 0.3 is 0 Å². The third-order valence-corrected chi connectivity index (χ3v) is 5.81. The third kappa shape index (κ3) is 3.38. The summed E-state index contributed by atoms with van der Waals surface area (Å²) < 4.78 is 40.5. The van der Waals surface area contributed by atoms with Crippen molar-refractivity contribution >= 4 is 26.0 Å². The largest absolute Gasteiger partial charge is 0.263 e. The highest BCUT2D eigenvalue weighted by Crippen LogP contribution is 2.27. The van der Waals surface area contributed by atoms with Crippen LogP contribution in [0.25, 0.3) is 0 Å². The smallest absolute Gasteiger partial charge is 0.241 e. The second-order valence-electron chi connectivity index (χ2n) is 4.89. The Bertz CT molecular complexity index is 547. The maximum absolute atomic E-state index is 13.8. The Kier molecular flexibility index (Phi) is 5.51. The molecule has 0 N–H and O–H groups in total. The zero-order valence-corrected chi connectivity index (χ0v) is 13.5. The van der Waals surface area contributed by atoms with Gasteiger partial charge in [-0.25, -0.2) is 17.8 Å². The van der Waals surface area contributed by atoms with Crippen molar-refractivity contribution < 1.29 is 12.8 Å². The molecule has 0 radical (unpaired) electrons. The molecule has 0 atom stereocenters. The van der Waals surface area contributed by atoms with Gasteiger partial charge in [0, 0.05) is 24.1 Å². The van der Waals surface area contributed by atoms with Gasteiger partial charge in [-0.15, -0.1) is 0 Å². The Hall–Kier alpha value is -0.530. The number of hydrogen-bond donors (Lipinski definition) is 0. The van der Waals surface area contributed by atoms with E-state index in [0.717, 1.165) is 38.2 Å². The van der Waals surface area contributed by atoms with Crippen molar-refractivity contribution in [2.24, 2.45) is 0 Å². The van der Waals surface area contributed by atoms with E-state index in [1.54, 1.807) is 0 Å². The molecule has 1 aromatic heterocycles. The number of pyridine rings is 1. The van der Waals surface area contributed by atoms with E-state index in [0.29, 0.717) is 11.9 Å². The fourth-order valence-corrected chi connectivity index (χ4v) is 4.91. The minimum Gasteiger partial charge on any atom is -0.241 e. The van der Waals surface area contributed by atoms with E-state index in [1.807, 2.05) is 0 Å². The van der Waals surface area contributed by atoms with Crippen LogP contribution in [0.15, 0.2) is 23.4 Å². The molecule has 1 saturated carbocycles. The molecule has 1 aromatic rings. The van der Waals surface area contributed by atoms with Crippen LogP contribution in [0.4, 0.5) is 4.39 Å². The molecule has 1 aliphatic carbocycles. The highest BCUT2D eigenvalue weighted by Gasteiger charge is 2.34.